The van der Waals surface area contributed by atoms with Crippen LogP contribution in [0.1, 0.15) is 0 Å². The summed E-state index contributed by atoms with van der Waals surface area (Å²) in [5.41, 5.74) is 5.13. The standard InChI is InChI=1S/C43H27N3/c1-2-13-29(14-3-1)41-44-42(34-23-22-28-12-4-5-15-30(28)24-34)46-43(45-41)40-26-32-17-7-6-16-31(32)25-39(40)38-27-33-18-8-9-19-35(33)36-20-10-11-21-37(36)38/h1-27H. The van der Waals surface area contributed by atoms with Crippen molar-refractivity contribution in [1.82, 2.24) is 15.0 Å². The van der Waals surface area contributed by atoms with Crippen molar-refractivity contribution in [3.05, 3.63) is 164 Å². The second kappa shape index (κ2) is 10.8. The molecule has 0 spiro atoms. The summed E-state index contributed by atoms with van der Waals surface area (Å²) >= 11 is 0. The Bertz CT molecular complexity index is 2590. The van der Waals surface area contributed by atoms with E-state index in [0.717, 1.165) is 38.6 Å². The van der Waals surface area contributed by atoms with Gasteiger partial charge in [0.25, 0.3) is 0 Å². The molecule has 0 fully saturated rings. The van der Waals surface area contributed by atoms with Crippen LogP contribution in [0.2, 0.25) is 0 Å². The molecule has 0 aliphatic rings. The summed E-state index contributed by atoms with van der Waals surface area (Å²) in [5.74, 6) is 1.95. The molecule has 46 heavy (non-hydrogen) atoms. The zero-order valence-corrected chi connectivity index (χ0v) is 24.9. The smallest absolute Gasteiger partial charge is 0.164 e. The highest BCUT2D eigenvalue weighted by Gasteiger charge is 2.19. The van der Waals surface area contributed by atoms with Crippen molar-refractivity contribution in [2.24, 2.45) is 0 Å². The van der Waals surface area contributed by atoms with Crippen LogP contribution in [-0.4, -0.2) is 15.0 Å². The Balaban J connectivity index is 1.36. The van der Waals surface area contributed by atoms with Crippen LogP contribution >= 0.6 is 0 Å². The van der Waals surface area contributed by atoms with Crippen LogP contribution in [0.25, 0.3) is 88.4 Å². The molecule has 3 heteroatoms. The minimum Gasteiger partial charge on any atom is -0.208 e. The Morgan fingerprint density at radius 3 is 1.50 bits per heavy atom. The molecular formula is C43H27N3. The second-order valence-electron chi connectivity index (χ2n) is 11.7. The molecule has 3 nitrogen and oxygen atoms in total. The largest absolute Gasteiger partial charge is 0.208 e. The number of rotatable bonds is 4. The van der Waals surface area contributed by atoms with Gasteiger partial charge >= 0.3 is 0 Å². The molecule has 0 atom stereocenters. The van der Waals surface area contributed by atoms with Gasteiger partial charge in [0, 0.05) is 16.7 Å². The Kier molecular flexibility index (Phi) is 6.14. The van der Waals surface area contributed by atoms with Gasteiger partial charge in [-0.2, -0.15) is 0 Å². The van der Waals surface area contributed by atoms with Crippen molar-refractivity contribution in [1.29, 1.82) is 0 Å². The molecule has 0 aliphatic carbocycles. The van der Waals surface area contributed by atoms with E-state index in [1.165, 1.54) is 32.3 Å². The van der Waals surface area contributed by atoms with E-state index in [9.17, 15) is 0 Å². The third-order valence-corrected chi connectivity index (χ3v) is 8.86. The van der Waals surface area contributed by atoms with Crippen LogP contribution < -0.4 is 0 Å². The van der Waals surface area contributed by atoms with Gasteiger partial charge in [-0.15, -0.1) is 0 Å². The average Bonchev–Trinajstić information content (AvgIpc) is 3.14. The van der Waals surface area contributed by atoms with E-state index in [2.05, 4.69) is 146 Å². The van der Waals surface area contributed by atoms with Gasteiger partial charge < -0.3 is 0 Å². The molecule has 1 heterocycles. The highest BCUT2D eigenvalue weighted by Crippen LogP contribution is 2.41. The molecule has 0 saturated carbocycles. The molecule has 0 saturated heterocycles. The summed E-state index contributed by atoms with van der Waals surface area (Å²) < 4.78 is 0. The zero-order valence-electron chi connectivity index (χ0n) is 24.9. The zero-order chi connectivity index (χ0) is 30.5. The van der Waals surface area contributed by atoms with Crippen molar-refractivity contribution in [2.75, 3.05) is 0 Å². The summed E-state index contributed by atoms with van der Waals surface area (Å²) in [5, 5.41) is 9.52. The van der Waals surface area contributed by atoms with Gasteiger partial charge in [0.15, 0.2) is 17.5 Å². The fraction of sp³-hybridized carbons (Fsp3) is 0. The van der Waals surface area contributed by atoms with Crippen molar-refractivity contribution in [2.45, 2.75) is 0 Å². The van der Waals surface area contributed by atoms with Crippen LogP contribution in [-0.2, 0) is 0 Å². The van der Waals surface area contributed by atoms with E-state index >= 15 is 0 Å². The first-order chi connectivity index (χ1) is 22.8. The van der Waals surface area contributed by atoms with Crippen molar-refractivity contribution in [3.63, 3.8) is 0 Å². The maximum absolute atomic E-state index is 5.22. The second-order valence-corrected chi connectivity index (χ2v) is 11.7. The normalized spacial score (nSPS) is 11.5. The summed E-state index contributed by atoms with van der Waals surface area (Å²) in [6.45, 7) is 0. The van der Waals surface area contributed by atoms with E-state index in [1.807, 2.05) is 18.2 Å². The van der Waals surface area contributed by atoms with Gasteiger partial charge in [-0.1, -0.05) is 140 Å². The van der Waals surface area contributed by atoms with E-state index in [-0.39, 0.29) is 0 Å². The molecule has 9 rings (SSSR count). The van der Waals surface area contributed by atoms with Gasteiger partial charge in [-0.05, 0) is 78.5 Å². The summed E-state index contributed by atoms with van der Waals surface area (Å²) in [6.07, 6.45) is 0. The monoisotopic (exact) mass is 585 g/mol. The van der Waals surface area contributed by atoms with Crippen molar-refractivity contribution in [3.8, 4) is 45.3 Å². The van der Waals surface area contributed by atoms with Gasteiger partial charge in [-0.25, -0.2) is 15.0 Å². The molecular weight excluding hydrogens is 558 g/mol. The summed E-state index contributed by atoms with van der Waals surface area (Å²) in [4.78, 5) is 15.4. The molecule has 0 bridgehead atoms. The lowest BCUT2D eigenvalue weighted by Crippen LogP contribution is -2.01. The molecule has 0 amide bonds. The maximum Gasteiger partial charge on any atom is 0.164 e. The third-order valence-electron chi connectivity index (χ3n) is 8.86. The number of aromatic nitrogens is 3. The van der Waals surface area contributed by atoms with Crippen LogP contribution in [0.5, 0.6) is 0 Å². The Morgan fingerprint density at radius 2 is 0.761 bits per heavy atom. The fourth-order valence-corrected chi connectivity index (χ4v) is 6.60. The number of hydrogen-bond donors (Lipinski definition) is 0. The molecule has 0 N–H and O–H groups in total. The third kappa shape index (κ3) is 4.49. The molecule has 1 aromatic heterocycles. The van der Waals surface area contributed by atoms with E-state index in [4.69, 9.17) is 15.0 Å². The van der Waals surface area contributed by atoms with Crippen LogP contribution in [0.15, 0.2) is 164 Å². The number of benzene rings is 8. The maximum atomic E-state index is 5.22. The molecule has 0 radical (unpaired) electrons. The molecule has 0 aliphatic heterocycles. The van der Waals surface area contributed by atoms with Crippen LogP contribution in [0, 0.1) is 0 Å². The predicted molar refractivity (Wildman–Crippen MR) is 192 cm³/mol. The minimum atomic E-state index is 0.648. The van der Waals surface area contributed by atoms with Gasteiger partial charge in [0.2, 0.25) is 0 Å². The number of hydrogen-bond acceptors (Lipinski definition) is 3. The number of fused-ring (bicyclic) bond motifs is 5. The van der Waals surface area contributed by atoms with Crippen molar-refractivity contribution < 1.29 is 0 Å². The highest BCUT2D eigenvalue weighted by atomic mass is 15.0. The molecule has 9 aromatic rings. The SMILES string of the molecule is c1ccc(-c2nc(-c3ccc4ccccc4c3)nc(-c3cc4ccccc4cc3-c3cc4ccccc4c4ccccc34)n2)cc1. The van der Waals surface area contributed by atoms with Gasteiger partial charge in [0.1, 0.15) is 0 Å². The van der Waals surface area contributed by atoms with E-state index in [1.54, 1.807) is 0 Å². The first-order valence-corrected chi connectivity index (χ1v) is 15.5. The number of nitrogens with zero attached hydrogens (tertiary/aromatic N) is 3. The lowest BCUT2D eigenvalue weighted by Gasteiger charge is -2.16. The Labute approximate surface area is 266 Å². The Hall–Kier alpha value is -6.19. The van der Waals surface area contributed by atoms with Gasteiger partial charge in [0.05, 0.1) is 0 Å². The average molecular weight is 586 g/mol. The molecule has 214 valence electrons. The fourth-order valence-electron chi connectivity index (χ4n) is 6.60. The van der Waals surface area contributed by atoms with Crippen LogP contribution in [0.4, 0.5) is 0 Å². The van der Waals surface area contributed by atoms with E-state index < -0.39 is 0 Å². The highest BCUT2D eigenvalue weighted by molar-refractivity contribution is 6.15. The van der Waals surface area contributed by atoms with Gasteiger partial charge in [-0.3, -0.25) is 0 Å². The predicted octanol–water partition coefficient (Wildman–Crippen LogP) is 11.2. The lowest BCUT2D eigenvalue weighted by atomic mass is 9.89. The van der Waals surface area contributed by atoms with E-state index in [0.29, 0.717) is 17.5 Å². The lowest BCUT2D eigenvalue weighted by molar-refractivity contribution is 1.08. The first-order valence-electron chi connectivity index (χ1n) is 15.5. The molecule has 8 aromatic carbocycles. The first kappa shape index (κ1) is 26.2. The van der Waals surface area contributed by atoms with Crippen LogP contribution in [0.3, 0.4) is 0 Å². The van der Waals surface area contributed by atoms with Crippen molar-refractivity contribution >= 4 is 43.1 Å². The minimum absolute atomic E-state index is 0.648. The summed E-state index contributed by atoms with van der Waals surface area (Å²) in [6, 6.07) is 57.6. The quantitative estimate of drug-likeness (QED) is 0.193. The molecule has 0 unspecified atom stereocenters. The topological polar surface area (TPSA) is 38.7 Å². The Morgan fingerprint density at radius 1 is 0.261 bits per heavy atom. The summed E-state index contributed by atoms with van der Waals surface area (Å²) in [7, 11) is 0.